The summed E-state index contributed by atoms with van der Waals surface area (Å²) in [4.78, 5) is 11.9. The van der Waals surface area contributed by atoms with E-state index >= 15 is 0 Å². The molecule has 0 aliphatic carbocycles. The molecule has 0 aliphatic heterocycles. The molecular formula is C23H29F2NO4S. The minimum atomic E-state index is -4.53. The van der Waals surface area contributed by atoms with E-state index in [9.17, 15) is 27.1 Å². The topological polar surface area (TPSA) is 83.5 Å². The van der Waals surface area contributed by atoms with Gasteiger partial charge < -0.3 is 5.11 Å². The molecule has 0 unspecified atom stereocenters. The molecule has 0 atom stereocenters. The Morgan fingerprint density at radius 3 is 2.03 bits per heavy atom. The third kappa shape index (κ3) is 5.68. The number of benzene rings is 2. The standard InChI is InChI=1S/C23H29F2NO4S/c1-13(2)16-10-15(24)11-17(14(3)4)18(16)12-21(27)26-31(29,30)20-9-7-8-19(22(20)25)23(5,6)28/h7-11,13-14,28H,12H2,1-6H3,(H,26,27). The average Bonchev–Trinajstić information content (AvgIpc) is 2.60. The highest BCUT2D eigenvalue weighted by molar-refractivity contribution is 7.90. The van der Waals surface area contributed by atoms with Crippen LogP contribution in [0.3, 0.4) is 0 Å². The van der Waals surface area contributed by atoms with Crippen LogP contribution < -0.4 is 4.72 Å². The molecule has 2 rings (SSSR count). The minimum Gasteiger partial charge on any atom is -0.386 e. The quantitative estimate of drug-likeness (QED) is 0.647. The van der Waals surface area contributed by atoms with Gasteiger partial charge in [-0.25, -0.2) is 21.9 Å². The highest BCUT2D eigenvalue weighted by Gasteiger charge is 2.29. The lowest BCUT2D eigenvalue weighted by Crippen LogP contribution is -2.33. The van der Waals surface area contributed by atoms with Crippen molar-refractivity contribution in [2.45, 2.75) is 70.3 Å². The first-order valence-electron chi connectivity index (χ1n) is 10.0. The number of nitrogens with one attached hydrogen (secondary N) is 1. The fourth-order valence-electron chi connectivity index (χ4n) is 3.51. The van der Waals surface area contributed by atoms with Gasteiger partial charge in [0.05, 0.1) is 12.0 Å². The second-order valence-electron chi connectivity index (χ2n) is 8.75. The minimum absolute atomic E-state index is 0.0893. The van der Waals surface area contributed by atoms with E-state index in [1.807, 2.05) is 32.4 Å². The monoisotopic (exact) mass is 453 g/mol. The van der Waals surface area contributed by atoms with Gasteiger partial charge in [-0.2, -0.15) is 0 Å². The maximum absolute atomic E-state index is 14.8. The van der Waals surface area contributed by atoms with E-state index in [4.69, 9.17) is 0 Å². The summed E-state index contributed by atoms with van der Waals surface area (Å²) in [5, 5.41) is 10.1. The summed E-state index contributed by atoms with van der Waals surface area (Å²) in [7, 11) is -4.53. The van der Waals surface area contributed by atoms with Crippen LogP contribution in [0.2, 0.25) is 0 Å². The Labute approximate surface area is 182 Å². The maximum Gasteiger partial charge on any atom is 0.266 e. The molecule has 0 saturated carbocycles. The lowest BCUT2D eigenvalue weighted by molar-refractivity contribution is -0.118. The van der Waals surface area contributed by atoms with Crippen molar-refractivity contribution in [3.05, 3.63) is 64.2 Å². The van der Waals surface area contributed by atoms with Crippen LogP contribution in [-0.4, -0.2) is 19.4 Å². The average molecular weight is 454 g/mol. The SMILES string of the molecule is CC(C)c1cc(F)cc(C(C)C)c1CC(=O)NS(=O)(=O)c1cccc(C(C)(C)O)c1F. The zero-order chi connectivity index (χ0) is 23.7. The zero-order valence-electron chi connectivity index (χ0n) is 18.6. The number of carbonyl (C=O) groups is 1. The smallest absolute Gasteiger partial charge is 0.266 e. The van der Waals surface area contributed by atoms with Crippen LogP contribution in [0.15, 0.2) is 35.2 Å². The molecule has 2 N–H and O–H groups in total. The van der Waals surface area contributed by atoms with Crippen molar-refractivity contribution in [1.29, 1.82) is 0 Å². The van der Waals surface area contributed by atoms with Gasteiger partial charge in [0.1, 0.15) is 16.5 Å². The molecule has 0 bridgehead atoms. The molecule has 0 fully saturated rings. The van der Waals surface area contributed by atoms with Crippen LogP contribution in [0.5, 0.6) is 0 Å². The fraction of sp³-hybridized carbons (Fsp3) is 0.435. The number of hydrogen-bond donors (Lipinski definition) is 2. The largest absolute Gasteiger partial charge is 0.386 e. The predicted octanol–water partition coefficient (Wildman–Crippen LogP) is 4.49. The van der Waals surface area contributed by atoms with Gasteiger partial charge in [-0.15, -0.1) is 0 Å². The molecule has 0 radical (unpaired) electrons. The summed E-state index contributed by atoms with van der Waals surface area (Å²) in [6, 6.07) is 6.29. The lowest BCUT2D eigenvalue weighted by atomic mass is 9.87. The number of aliphatic hydroxyl groups is 1. The number of sulfonamides is 1. The molecule has 0 aliphatic rings. The van der Waals surface area contributed by atoms with Crippen molar-refractivity contribution >= 4 is 15.9 Å². The van der Waals surface area contributed by atoms with Crippen molar-refractivity contribution in [2.24, 2.45) is 0 Å². The highest BCUT2D eigenvalue weighted by Crippen LogP contribution is 2.30. The van der Waals surface area contributed by atoms with Gasteiger partial charge in [0.15, 0.2) is 0 Å². The van der Waals surface area contributed by atoms with E-state index in [1.165, 1.54) is 38.1 Å². The molecule has 31 heavy (non-hydrogen) atoms. The highest BCUT2D eigenvalue weighted by atomic mass is 32.2. The van der Waals surface area contributed by atoms with Crippen LogP contribution in [0, 0.1) is 11.6 Å². The molecule has 0 saturated heterocycles. The number of hydrogen-bond acceptors (Lipinski definition) is 4. The van der Waals surface area contributed by atoms with Gasteiger partial charge in [-0.3, -0.25) is 4.79 Å². The first kappa shape index (κ1) is 24.9. The van der Waals surface area contributed by atoms with Crippen LogP contribution in [-0.2, 0) is 26.8 Å². The number of rotatable bonds is 7. The summed E-state index contributed by atoms with van der Waals surface area (Å²) in [6.45, 7) is 10.1. The Hall–Kier alpha value is -2.32. The third-order valence-electron chi connectivity index (χ3n) is 5.03. The summed E-state index contributed by atoms with van der Waals surface area (Å²) in [5.41, 5.74) is -0.0141. The molecule has 170 valence electrons. The Balaban J connectivity index is 2.42. The molecule has 2 aromatic carbocycles. The van der Waals surface area contributed by atoms with Crippen LogP contribution in [0.1, 0.15) is 75.6 Å². The molecule has 0 spiro atoms. The van der Waals surface area contributed by atoms with E-state index in [1.54, 1.807) is 0 Å². The Bertz CT molecular complexity index is 1060. The van der Waals surface area contributed by atoms with Crippen molar-refractivity contribution in [3.63, 3.8) is 0 Å². The molecular weight excluding hydrogens is 424 g/mol. The summed E-state index contributed by atoms with van der Waals surface area (Å²) in [6.07, 6.45) is -0.298. The molecule has 5 nitrogen and oxygen atoms in total. The number of amides is 1. The van der Waals surface area contributed by atoms with E-state index in [0.717, 1.165) is 6.07 Å². The molecule has 0 aromatic heterocycles. The van der Waals surface area contributed by atoms with E-state index in [-0.39, 0.29) is 23.8 Å². The molecule has 1 amide bonds. The van der Waals surface area contributed by atoms with Crippen molar-refractivity contribution < 1.29 is 27.1 Å². The van der Waals surface area contributed by atoms with Gasteiger partial charge in [-0.05, 0) is 60.6 Å². The van der Waals surface area contributed by atoms with Gasteiger partial charge in [0.2, 0.25) is 5.91 Å². The van der Waals surface area contributed by atoms with E-state index in [0.29, 0.717) is 16.7 Å². The predicted molar refractivity (Wildman–Crippen MR) is 115 cm³/mol. The third-order valence-corrected chi connectivity index (χ3v) is 6.42. The molecule has 8 heteroatoms. The van der Waals surface area contributed by atoms with Crippen LogP contribution >= 0.6 is 0 Å². The molecule has 2 aromatic rings. The maximum atomic E-state index is 14.8. The van der Waals surface area contributed by atoms with Gasteiger partial charge in [0, 0.05) is 5.56 Å². The van der Waals surface area contributed by atoms with Crippen molar-refractivity contribution in [2.75, 3.05) is 0 Å². The zero-order valence-corrected chi connectivity index (χ0v) is 19.4. The number of carbonyl (C=O) groups excluding carboxylic acids is 1. The van der Waals surface area contributed by atoms with Crippen molar-refractivity contribution in [1.82, 2.24) is 4.72 Å². The van der Waals surface area contributed by atoms with Gasteiger partial charge in [-0.1, -0.05) is 39.8 Å². The van der Waals surface area contributed by atoms with E-state index < -0.39 is 38.1 Å². The fourth-order valence-corrected chi connectivity index (χ4v) is 4.59. The second kappa shape index (κ2) is 9.04. The van der Waals surface area contributed by atoms with Gasteiger partial charge >= 0.3 is 0 Å². The lowest BCUT2D eigenvalue weighted by Gasteiger charge is -2.21. The number of halogens is 2. The van der Waals surface area contributed by atoms with E-state index in [2.05, 4.69) is 0 Å². The Morgan fingerprint density at radius 1 is 1.06 bits per heavy atom. The molecule has 0 heterocycles. The Morgan fingerprint density at radius 2 is 1.58 bits per heavy atom. The van der Waals surface area contributed by atoms with Crippen molar-refractivity contribution in [3.8, 4) is 0 Å². The second-order valence-corrected chi connectivity index (χ2v) is 10.4. The first-order chi connectivity index (χ1) is 14.1. The summed E-state index contributed by atoms with van der Waals surface area (Å²) >= 11 is 0. The van der Waals surface area contributed by atoms with Crippen LogP contribution in [0.25, 0.3) is 0 Å². The normalized spacial score (nSPS) is 12.5. The summed E-state index contributed by atoms with van der Waals surface area (Å²) < 4.78 is 56.2. The Kier molecular flexibility index (Phi) is 7.28. The summed E-state index contributed by atoms with van der Waals surface area (Å²) in [5.74, 6) is -2.58. The van der Waals surface area contributed by atoms with Gasteiger partial charge in [0.25, 0.3) is 10.0 Å². The van der Waals surface area contributed by atoms with Crippen LogP contribution in [0.4, 0.5) is 8.78 Å². The first-order valence-corrected chi connectivity index (χ1v) is 11.5.